The van der Waals surface area contributed by atoms with E-state index in [0.29, 0.717) is 0 Å². The van der Waals surface area contributed by atoms with Crippen molar-refractivity contribution in [1.82, 2.24) is 4.90 Å². The second-order valence-corrected chi connectivity index (χ2v) is 6.55. The molecule has 1 aromatic carbocycles. The Labute approximate surface area is 118 Å². The van der Waals surface area contributed by atoms with Crippen LogP contribution < -0.4 is 5.73 Å². The normalized spacial score (nSPS) is 27.4. The van der Waals surface area contributed by atoms with Gasteiger partial charge in [-0.3, -0.25) is 4.90 Å². The third kappa shape index (κ3) is 3.37. The van der Waals surface area contributed by atoms with Gasteiger partial charge in [0.15, 0.2) is 0 Å². The largest absolute Gasteiger partial charge is 0.329 e. The molecule has 1 aliphatic rings. The van der Waals surface area contributed by atoms with Gasteiger partial charge in [0.2, 0.25) is 0 Å². The maximum absolute atomic E-state index is 6.10. The topological polar surface area (TPSA) is 29.3 Å². The molecule has 19 heavy (non-hydrogen) atoms. The number of likely N-dealkylation sites (tertiary alicyclic amines) is 1. The fraction of sp³-hybridized carbons (Fsp3) is 0.647. The van der Waals surface area contributed by atoms with Crippen LogP contribution in [0.25, 0.3) is 0 Å². The second kappa shape index (κ2) is 6.06. The van der Waals surface area contributed by atoms with Crippen LogP contribution in [0.2, 0.25) is 0 Å². The van der Waals surface area contributed by atoms with E-state index in [-0.39, 0.29) is 5.54 Å². The minimum atomic E-state index is 0.148. The van der Waals surface area contributed by atoms with Crippen molar-refractivity contribution in [2.24, 2.45) is 17.6 Å². The predicted octanol–water partition coefficient (Wildman–Crippen LogP) is 2.92. The lowest BCUT2D eigenvalue weighted by Crippen LogP contribution is -2.51. The molecule has 0 amide bonds. The van der Waals surface area contributed by atoms with Gasteiger partial charge >= 0.3 is 0 Å². The smallest absolute Gasteiger partial charge is 0.0307 e. The lowest BCUT2D eigenvalue weighted by molar-refractivity contribution is 0.126. The summed E-state index contributed by atoms with van der Waals surface area (Å²) in [6.45, 7) is 10.2. The molecule has 2 N–H and O–H groups in total. The minimum Gasteiger partial charge on any atom is -0.329 e. The van der Waals surface area contributed by atoms with Crippen LogP contribution in [-0.2, 0) is 6.42 Å². The van der Waals surface area contributed by atoms with Crippen LogP contribution in [0.1, 0.15) is 32.8 Å². The van der Waals surface area contributed by atoms with Crippen molar-refractivity contribution < 1.29 is 0 Å². The van der Waals surface area contributed by atoms with Crippen molar-refractivity contribution in [1.29, 1.82) is 0 Å². The highest BCUT2D eigenvalue weighted by Gasteiger charge is 2.37. The standard InChI is InChI=1S/C17H28N2/c1-14-11-19(12-15(14)2)17(3,13-18)10-9-16-7-5-4-6-8-16/h4-8,14-15H,9-13,18H2,1-3H3. The van der Waals surface area contributed by atoms with Crippen molar-refractivity contribution in [3.63, 3.8) is 0 Å². The van der Waals surface area contributed by atoms with E-state index < -0.39 is 0 Å². The summed E-state index contributed by atoms with van der Waals surface area (Å²) in [6, 6.07) is 10.7. The molecule has 0 aromatic heterocycles. The number of hydrogen-bond acceptors (Lipinski definition) is 2. The van der Waals surface area contributed by atoms with Gasteiger partial charge in [0.05, 0.1) is 0 Å². The molecule has 1 aromatic rings. The van der Waals surface area contributed by atoms with Crippen LogP contribution in [0.3, 0.4) is 0 Å². The molecule has 0 radical (unpaired) electrons. The van der Waals surface area contributed by atoms with Crippen LogP contribution >= 0.6 is 0 Å². The highest BCUT2D eigenvalue weighted by Crippen LogP contribution is 2.31. The minimum absolute atomic E-state index is 0.148. The summed E-state index contributed by atoms with van der Waals surface area (Å²) in [5, 5.41) is 0. The van der Waals surface area contributed by atoms with Gasteiger partial charge in [-0.25, -0.2) is 0 Å². The van der Waals surface area contributed by atoms with Gasteiger partial charge in [-0.05, 0) is 37.2 Å². The summed E-state index contributed by atoms with van der Waals surface area (Å²) in [5.74, 6) is 1.59. The Hall–Kier alpha value is -0.860. The molecule has 2 rings (SSSR count). The maximum Gasteiger partial charge on any atom is 0.0307 e. The molecule has 0 spiro atoms. The summed E-state index contributed by atoms with van der Waals surface area (Å²) in [6.07, 6.45) is 2.26. The molecule has 0 bridgehead atoms. The fourth-order valence-electron chi connectivity index (χ4n) is 3.02. The van der Waals surface area contributed by atoms with E-state index in [1.165, 1.54) is 18.7 Å². The number of rotatable bonds is 5. The molecule has 3 unspecified atom stereocenters. The van der Waals surface area contributed by atoms with Gasteiger partial charge < -0.3 is 5.73 Å². The average Bonchev–Trinajstić information content (AvgIpc) is 2.78. The van der Waals surface area contributed by atoms with Gasteiger partial charge in [0.1, 0.15) is 0 Å². The molecule has 1 aliphatic heterocycles. The molecule has 0 saturated carbocycles. The van der Waals surface area contributed by atoms with E-state index in [1.54, 1.807) is 0 Å². The third-order valence-electron chi connectivity index (χ3n) is 4.99. The second-order valence-electron chi connectivity index (χ2n) is 6.55. The van der Waals surface area contributed by atoms with E-state index in [1.807, 2.05) is 0 Å². The number of nitrogens with two attached hydrogens (primary N) is 1. The van der Waals surface area contributed by atoms with Crippen LogP contribution in [0.4, 0.5) is 0 Å². The molecular formula is C17H28N2. The summed E-state index contributed by atoms with van der Waals surface area (Å²) in [7, 11) is 0. The fourth-order valence-corrected chi connectivity index (χ4v) is 3.02. The quantitative estimate of drug-likeness (QED) is 0.882. The average molecular weight is 260 g/mol. The lowest BCUT2D eigenvalue weighted by Gasteiger charge is -2.38. The van der Waals surface area contributed by atoms with Crippen molar-refractivity contribution in [2.75, 3.05) is 19.6 Å². The third-order valence-corrected chi connectivity index (χ3v) is 4.99. The van der Waals surface area contributed by atoms with E-state index in [9.17, 15) is 0 Å². The molecule has 2 heteroatoms. The molecule has 1 fully saturated rings. The molecule has 0 aliphatic carbocycles. The van der Waals surface area contributed by atoms with Crippen LogP contribution in [0, 0.1) is 11.8 Å². The Morgan fingerprint density at radius 2 is 1.74 bits per heavy atom. The van der Waals surface area contributed by atoms with E-state index in [4.69, 9.17) is 5.73 Å². The Morgan fingerprint density at radius 3 is 2.26 bits per heavy atom. The zero-order valence-corrected chi connectivity index (χ0v) is 12.6. The van der Waals surface area contributed by atoms with E-state index in [2.05, 4.69) is 56.0 Å². The highest BCUT2D eigenvalue weighted by molar-refractivity contribution is 5.15. The molecule has 2 nitrogen and oxygen atoms in total. The Bertz CT molecular complexity index is 380. The van der Waals surface area contributed by atoms with E-state index >= 15 is 0 Å². The summed E-state index contributed by atoms with van der Waals surface area (Å²) in [5.41, 5.74) is 7.67. The zero-order chi connectivity index (χ0) is 13.9. The summed E-state index contributed by atoms with van der Waals surface area (Å²) in [4.78, 5) is 2.62. The Balaban J connectivity index is 1.98. The van der Waals surface area contributed by atoms with Crippen LogP contribution in [0.15, 0.2) is 30.3 Å². The Kier molecular flexibility index (Phi) is 4.64. The van der Waals surface area contributed by atoms with Gasteiger partial charge in [-0.15, -0.1) is 0 Å². The van der Waals surface area contributed by atoms with Crippen LogP contribution in [-0.4, -0.2) is 30.1 Å². The van der Waals surface area contributed by atoms with Crippen molar-refractivity contribution >= 4 is 0 Å². The van der Waals surface area contributed by atoms with Gasteiger partial charge in [0, 0.05) is 25.2 Å². The molecule has 106 valence electrons. The first-order chi connectivity index (χ1) is 9.05. The molecular weight excluding hydrogens is 232 g/mol. The summed E-state index contributed by atoms with van der Waals surface area (Å²) < 4.78 is 0. The van der Waals surface area contributed by atoms with Gasteiger partial charge in [-0.1, -0.05) is 44.2 Å². The number of hydrogen-bond donors (Lipinski definition) is 1. The predicted molar refractivity (Wildman–Crippen MR) is 82.1 cm³/mol. The maximum atomic E-state index is 6.10. The van der Waals surface area contributed by atoms with Gasteiger partial charge in [0.25, 0.3) is 0 Å². The molecule has 1 saturated heterocycles. The first kappa shape index (κ1) is 14.5. The zero-order valence-electron chi connectivity index (χ0n) is 12.6. The summed E-state index contributed by atoms with van der Waals surface area (Å²) >= 11 is 0. The molecule has 3 atom stereocenters. The number of benzene rings is 1. The lowest BCUT2D eigenvalue weighted by atomic mass is 9.91. The number of nitrogens with zero attached hydrogens (tertiary/aromatic N) is 1. The first-order valence-electron chi connectivity index (χ1n) is 7.54. The van der Waals surface area contributed by atoms with Crippen molar-refractivity contribution in [3.05, 3.63) is 35.9 Å². The van der Waals surface area contributed by atoms with Crippen molar-refractivity contribution in [2.45, 2.75) is 39.2 Å². The highest BCUT2D eigenvalue weighted by atomic mass is 15.2. The molecule has 1 heterocycles. The van der Waals surface area contributed by atoms with Crippen LogP contribution in [0.5, 0.6) is 0 Å². The first-order valence-corrected chi connectivity index (χ1v) is 7.54. The monoisotopic (exact) mass is 260 g/mol. The SMILES string of the molecule is CC1CN(C(C)(CN)CCc2ccccc2)CC1C. The van der Waals surface area contributed by atoms with E-state index in [0.717, 1.165) is 31.2 Å². The Morgan fingerprint density at radius 1 is 1.16 bits per heavy atom. The van der Waals surface area contributed by atoms with Gasteiger partial charge in [-0.2, -0.15) is 0 Å². The number of aryl methyl sites for hydroxylation is 1. The van der Waals surface area contributed by atoms with Crippen molar-refractivity contribution in [3.8, 4) is 0 Å².